The molecular weight excluding hydrogens is 262 g/mol. The smallest absolute Gasteiger partial charge is 0.0840 e. The highest BCUT2D eigenvalue weighted by molar-refractivity contribution is 5.36. The fourth-order valence-corrected chi connectivity index (χ4v) is 3.78. The minimum Gasteiger partial charge on any atom is -0.372 e. The average molecular weight is 289 g/mol. The molecule has 2 fully saturated rings. The van der Waals surface area contributed by atoms with E-state index < -0.39 is 0 Å². The standard InChI is InChI=1S/C18H27NO2/c1-13-8-14(2)17(15(3)9-13)12-20-16-10-18(21-11-16)4-6-19-7-5-18/h8-9,16,19H,4-7,10-12H2,1-3H3. The SMILES string of the molecule is Cc1cc(C)c(COC2COC3(CCNCC3)C2)c(C)c1. The van der Waals surface area contributed by atoms with Crippen LogP contribution in [0.3, 0.4) is 0 Å². The summed E-state index contributed by atoms with van der Waals surface area (Å²) in [4.78, 5) is 0. The number of ether oxygens (including phenoxy) is 2. The molecule has 1 spiro atoms. The van der Waals surface area contributed by atoms with Gasteiger partial charge in [-0.05, 0) is 63.4 Å². The van der Waals surface area contributed by atoms with E-state index in [4.69, 9.17) is 9.47 Å². The molecule has 0 aliphatic carbocycles. The number of hydrogen-bond donors (Lipinski definition) is 1. The lowest BCUT2D eigenvalue weighted by molar-refractivity contribution is -0.0241. The molecule has 21 heavy (non-hydrogen) atoms. The third-order valence-electron chi connectivity index (χ3n) is 4.99. The first-order chi connectivity index (χ1) is 10.1. The summed E-state index contributed by atoms with van der Waals surface area (Å²) in [6, 6.07) is 4.48. The molecule has 1 N–H and O–H groups in total. The summed E-state index contributed by atoms with van der Waals surface area (Å²) in [6.45, 7) is 10.1. The molecule has 0 bridgehead atoms. The molecule has 3 heteroatoms. The van der Waals surface area contributed by atoms with Crippen LogP contribution in [0.1, 0.15) is 41.5 Å². The molecule has 0 amide bonds. The van der Waals surface area contributed by atoms with E-state index in [0.717, 1.165) is 39.0 Å². The molecule has 2 heterocycles. The first-order valence-electron chi connectivity index (χ1n) is 8.11. The average Bonchev–Trinajstić information content (AvgIpc) is 2.81. The van der Waals surface area contributed by atoms with Gasteiger partial charge in [-0.15, -0.1) is 0 Å². The Morgan fingerprint density at radius 3 is 2.52 bits per heavy atom. The van der Waals surface area contributed by atoms with Gasteiger partial charge < -0.3 is 14.8 Å². The van der Waals surface area contributed by atoms with Crippen molar-refractivity contribution in [2.45, 2.75) is 58.3 Å². The van der Waals surface area contributed by atoms with Crippen molar-refractivity contribution in [2.24, 2.45) is 0 Å². The van der Waals surface area contributed by atoms with Gasteiger partial charge in [0, 0.05) is 6.42 Å². The summed E-state index contributed by atoms with van der Waals surface area (Å²) >= 11 is 0. The van der Waals surface area contributed by atoms with Gasteiger partial charge in [0.25, 0.3) is 0 Å². The summed E-state index contributed by atoms with van der Waals surface area (Å²) in [7, 11) is 0. The van der Waals surface area contributed by atoms with E-state index in [1.165, 1.54) is 22.3 Å². The number of aryl methyl sites for hydroxylation is 3. The Bertz CT molecular complexity index is 483. The first-order valence-corrected chi connectivity index (χ1v) is 8.11. The zero-order valence-corrected chi connectivity index (χ0v) is 13.5. The van der Waals surface area contributed by atoms with Gasteiger partial charge in [0.05, 0.1) is 24.9 Å². The molecule has 1 unspecified atom stereocenters. The predicted molar refractivity (Wildman–Crippen MR) is 84.6 cm³/mol. The second-order valence-electron chi connectivity index (χ2n) is 6.76. The summed E-state index contributed by atoms with van der Waals surface area (Å²) in [5.74, 6) is 0. The Balaban J connectivity index is 1.59. The molecule has 0 aromatic heterocycles. The fraction of sp³-hybridized carbons (Fsp3) is 0.667. The third kappa shape index (κ3) is 3.31. The molecule has 1 atom stereocenters. The van der Waals surface area contributed by atoms with Crippen LogP contribution in [0, 0.1) is 20.8 Å². The van der Waals surface area contributed by atoms with Crippen molar-refractivity contribution < 1.29 is 9.47 Å². The number of hydrogen-bond acceptors (Lipinski definition) is 3. The van der Waals surface area contributed by atoms with E-state index in [-0.39, 0.29) is 11.7 Å². The van der Waals surface area contributed by atoms with Crippen LogP contribution in [0.25, 0.3) is 0 Å². The van der Waals surface area contributed by atoms with Crippen LogP contribution in [0.2, 0.25) is 0 Å². The van der Waals surface area contributed by atoms with E-state index in [0.29, 0.717) is 6.61 Å². The second kappa shape index (κ2) is 6.07. The maximum absolute atomic E-state index is 6.17. The Morgan fingerprint density at radius 2 is 1.86 bits per heavy atom. The number of rotatable bonds is 3. The topological polar surface area (TPSA) is 30.5 Å². The first kappa shape index (κ1) is 15.0. The van der Waals surface area contributed by atoms with Crippen LogP contribution in [0.15, 0.2) is 12.1 Å². The Kier molecular flexibility index (Phi) is 4.34. The lowest BCUT2D eigenvalue weighted by Crippen LogP contribution is -2.41. The largest absolute Gasteiger partial charge is 0.372 e. The molecule has 2 aliphatic rings. The molecule has 1 aromatic carbocycles. The summed E-state index contributed by atoms with van der Waals surface area (Å²) < 4.78 is 12.3. The van der Waals surface area contributed by atoms with Crippen molar-refractivity contribution in [1.82, 2.24) is 5.32 Å². The Labute approximate surface area is 128 Å². The fourth-order valence-electron chi connectivity index (χ4n) is 3.78. The highest BCUT2D eigenvalue weighted by atomic mass is 16.6. The normalized spacial score (nSPS) is 24.6. The van der Waals surface area contributed by atoms with Gasteiger partial charge in [-0.25, -0.2) is 0 Å². The van der Waals surface area contributed by atoms with Crippen molar-refractivity contribution in [2.75, 3.05) is 19.7 Å². The zero-order chi connectivity index (χ0) is 14.9. The van der Waals surface area contributed by atoms with Gasteiger partial charge in [-0.3, -0.25) is 0 Å². The summed E-state index contributed by atoms with van der Waals surface area (Å²) in [5, 5.41) is 3.41. The van der Waals surface area contributed by atoms with E-state index in [9.17, 15) is 0 Å². The predicted octanol–water partition coefficient (Wildman–Crippen LogP) is 3.04. The van der Waals surface area contributed by atoms with E-state index in [2.05, 4.69) is 38.2 Å². The lowest BCUT2D eigenvalue weighted by atomic mass is 9.89. The van der Waals surface area contributed by atoms with Crippen LogP contribution in [-0.2, 0) is 16.1 Å². The van der Waals surface area contributed by atoms with Crippen LogP contribution >= 0.6 is 0 Å². The molecule has 1 aromatic rings. The van der Waals surface area contributed by atoms with Gasteiger partial charge in [0.1, 0.15) is 0 Å². The number of piperidine rings is 1. The van der Waals surface area contributed by atoms with E-state index in [1.54, 1.807) is 0 Å². The van der Waals surface area contributed by atoms with Crippen LogP contribution in [-0.4, -0.2) is 31.4 Å². The molecule has 3 rings (SSSR count). The second-order valence-corrected chi connectivity index (χ2v) is 6.76. The lowest BCUT2D eigenvalue weighted by Gasteiger charge is -2.32. The Morgan fingerprint density at radius 1 is 1.19 bits per heavy atom. The van der Waals surface area contributed by atoms with Crippen LogP contribution in [0.5, 0.6) is 0 Å². The third-order valence-corrected chi connectivity index (χ3v) is 4.99. The minimum atomic E-state index is 0.0906. The maximum Gasteiger partial charge on any atom is 0.0840 e. The van der Waals surface area contributed by atoms with Gasteiger partial charge in [-0.2, -0.15) is 0 Å². The molecular formula is C18H27NO2. The summed E-state index contributed by atoms with van der Waals surface area (Å²) in [6.07, 6.45) is 3.55. The quantitative estimate of drug-likeness (QED) is 0.928. The van der Waals surface area contributed by atoms with Crippen molar-refractivity contribution in [3.05, 3.63) is 34.4 Å². The minimum absolute atomic E-state index is 0.0906. The van der Waals surface area contributed by atoms with E-state index in [1.807, 2.05) is 0 Å². The van der Waals surface area contributed by atoms with Gasteiger partial charge in [-0.1, -0.05) is 17.7 Å². The molecule has 2 saturated heterocycles. The molecule has 116 valence electrons. The van der Waals surface area contributed by atoms with Gasteiger partial charge >= 0.3 is 0 Å². The zero-order valence-electron chi connectivity index (χ0n) is 13.5. The Hall–Kier alpha value is -0.900. The molecule has 0 saturated carbocycles. The number of benzene rings is 1. The molecule has 0 radical (unpaired) electrons. The highest BCUT2D eigenvalue weighted by Gasteiger charge is 2.41. The molecule has 3 nitrogen and oxygen atoms in total. The monoisotopic (exact) mass is 289 g/mol. The van der Waals surface area contributed by atoms with Crippen molar-refractivity contribution in [1.29, 1.82) is 0 Å². The van der Waals surface area contributed by atoms with E-state index >= 15 is 0 Å². The maximum atomic E-state index is 6.17. The van der Waals surface area contributed by atoms with Crippen molar-refractivity contribution >= 4 is 0 Å². The summed E-state index contributed by atoms with van der Waals surface area (Å²) in [5.41, 5.74) is 5.43. The van der Waals surface area contributed by atoms with Crippen LogP contribution < -0.4 is 5.32 Å². The van der Waals surface area contributed by atoms with Crippen molar-refractivity contribution in [3.8, 4) is 0 Å². The number of nitrogens with one attached hydrogen (secondary N) is 1. The van der Waals surface area contributed by atoms with Crippen LogP contribution in [0.4, 0.5) is 0 Å². The highest BCUT2D eigenvalue weighted by Crippen LogP contribution is 2.35. The van der Waals surface area contributed by atoms with Crippen molar-refractivity contribution in [3.63, 3.8) is 0 Å². The van der Waals surface area contributed by atoms with Gasteiger partial charge in [0.2, 0.25) is 0 Å². The molecule has 2 aliphatic heterocycles. The van der Waals surface area contributed by atoms with Gasteiger partial charge in [0.15, 0.2) is 0 Å².